The first-order valence-corrected chi connectivity index (χ1v) is 12.5. The molecule has 1 heterocycles. The molecular formula is C27H35ClN2O2. The van der Waals surface area contributed by atoms with Gasteiger partial charge in [-0.05, 0) is 80.6 Å². The molecule has 4 rings (SSSR count). The summed E-state index contributed by atoms with van der Waals surface area (Å²) in [6.07, 6.45) is 9.29. The van der Waals surface area contributed by atoms with Crippen molar-refractivity contribution in [3.8, 4) is 0 Å². The minimum atomic E-state index is -0.773. The van der Waals surface area contributed by atoms with Crippen LogP contribution in [0.15, 0.2) is 48.5 Å². The molecule has 0 unspecified atom stereocenters. The Morgan fingerprint density at radius 2 is 1.66 bits per heavy atom. The van der Waals surface area contributed by atoms with Gasteiger partial charge >= 0.3 is 0 Å². The molecule has 172 valence electrons. The fourth-order valence-corrected chi connectivity index (χ4v) is 5.16. The largest absolute Gasteiger partial charge is 0.385 e. The number of piperidine rings is 1. The molecule has 1 saturated heterocycles. The molecule has 2 N–H and O–H groups in total. The van der Waals surface area contributed by atoms with E-state index >= 15 is 0 Å². The third-order valence-electron chi connectivity index (χ3n) is 7.13. The molecule has 2 aliphatic rings. The molecule has 0 amide bonds. The van der Waals surface area contributed by atoms with E-state index in [-0.39, 0.29) is 5.78 Å². The van der Waals surface area contributed by atoms with Crippen LogP contribution in [-0.4, -0.2) is 41.5 Å². The van der Waals surface area contributed by atoms with E-state index in [0.717, 1.165) is 42.9 Å². The van der Waals surface area contributed by atoms with Crippen LogP contribution in [0.3, 0.4) is 0 Å². The van der Waals surface area contributed by atoms with Crippen molar-refractivity contribution in [1.82, 2.24) is 4.90 Å². The highest BCUT2D eigenvalue weighted by Gasteiger charge is 2.33. The van der Waals surface area contributed by atoms with E-state index in [1.165, 1.54) is 32.1 Å². The third kappa shape index (κ3) is 6.12. The highest BCUT2D eigenvalue weighted by Crippen LogP contribution is 2.33. The topological polar surface area (TPSA) is 52.6 Å². The number of nitrogens with one attached hydrogen (secondary N) is 1. The van der Waals surface area contributed by atoms with Gasteiger partial charge < -0.3 is 15.3 Å². The zero-order valence-corrected chi connectivity index (χ0v) is 19.6. The summed E-state index contributed by atoms with van der Waals surface area (Å²) in [4.78, 5) is 15.0. The number of carbonyl (C=O) groups is 1. The number of benzene rings is 2. The van der Waals surface area contributed by atoms with Gasteiger partial charge in [-0.2, -0.15) is 0 Å². The first-order valence-electron chi connectivity index (χ1n) is 12.1. The van der Waals surface area contributed by atoms with Gasteiger partial charge in [-0.1, -0.05) is 43.0 Å². The van der Waals surface area contributed by atoms with Crippen LogP contribution in [0, 0.1) is 0 Å². The minimum absolute atomic E-state index is 0.212. The van der Waals surface area contributed by atoms with Crippen LogP contribution >= 0.6 is 11.6 Å². The fourth-order valence-electron chi connectivity index (χ4n) is 5.04. The van der Waals surface area contributed by atoms with Crippen LogP contribution in [0.2, 0.25) is 5.02 Å². The average molecular weight is 455 g/mol. The summed E-state index contributed by atoms with van der Waals surface area (Å²) in [7, 11) is 0. The Hall–Kier alpha value is -1.88. The molecule has 0 bridgehead atoms. The highest BCUT2D eigenvalue weighted by atomic mass is 35.5. The van der Waals surface area contributed by atoms with Gasteiger partial charge in [0, 0.05) is 41.8 Å². The Bertz CT molecular complexity index is 868. The predicted octanol–water partition coefficient (Wildman–Crippen LogP) is 6.03. The summed E-state index contributed by atoms with van der Waals surface area (Å²) in [5.74, 6) is 0.212. The van der Waals surface area contributed by atoms with Crippen molar-refractivity contribution in [2.45, 2.75) is 69.4 Å². The van der Waals surface area contributed by atoms with Crippen LogP contribution in [0.4, 0.5) is 5.69 Å². The van der Waals surface area contributed by atoms with Crippen LogP contribution in [0.25, 0.3) is 0 Å². The van der Waals surface area contributed by atoms with Crippen LogP contribution in [-0.2, 0) is 5.60 Å². The lowest BCUT2D eigenvalue weighted by molar-refractivity contribution is -0.0260. The molecule has 2 aromatic carbocycles. The monoisotopic (exact) mass is 454 g/mol. The number of halogens is 1. The minimum Gasteiger partial charge on any atom is -0.385 e. The van der Waals surface area contributed by atoms with Gasteiger partial charge in [0.25, 0.3) is 0 Å². The van der Waals surface area contributed by atoms with Gasteiger partial charge in [0.1, 0.15) is 0 Å². The summed E-state index contributed by atoms with van der Waals surface area (Å²) in [5, 5.41) is 15.3. The Morgan fingerprint density at radius 1 is 1.00 bits per heavy atom. The molecule has 2 fully saturated rings. The summed E-state index contributed by atoms with van der Waals surface area (Å²) in [5.41, 5.74) is 2.09. The molecule has 0 aromatic heterocycles. The van der Waals surface area contributed by atoms with Gasteiger partial charge in [0.05, 0.1) is 5.60 Å². The zero-order chi connectivity index (χ0) is 22.4. The maximum Gasteiger partial charge on any atom is 0.162 e. The number of hydrogen-bond donors (Lipinski definition) is 2. The normalized spacial score (nSPS) is 19.6. The van der Waals surface area contributed by atoms with E-state index in [2.05, 4.69) is 10.2 Å². The van der Waals surface area contributed by atoms with E-state index in [4.69, 9.17) is 11.6 Å². The van der Waals surface area contributed by atoms with Gasteiger partial charge in [0.2, 0.25) is 0 Å². The lowest BCUT2D eigenvalue weighted by Crippen LogP contribution is -2.42. The Morgan fingerprint density at radius 3 is 2.31 bits per heavy atom. The summed E-state index contributed by atoms with van der Waals surface area (Å²) < 4.78 is 0. The first-order chi connectivity index (χ1) is 15.5. The molecule has 1 aliphatic heterocycles. The van der Waals surface area contributed by atoms with Crippen LogP contribution in [0.1, 0.15) is 73.7 Å². The van der Waals surface area contributed by atoms with Crippen molar-refractivity contribution >= 4 is 23.1 Å². The van der Waals surface area contributed by atoms with Gasteiger partial charge in [-0.15, -0.1) is 0 Å². The number of Topliss-reactive ketones (excluding diaryl/α,β-unsaturated/α-hetero) is 1. The average Bonchev–Trinajstić information content (AvgIpc) is 2.82. The summed E-state index contributed by atoms with van der Waals surface area (Å²) >= 11 is 5.97. The van der Waals surface area contributed by atoms with E-state index in [1.54, 1.807) is 0 Å². The number of nitrogens with zero attached hydrogens (tertiary/aromatic N) is 1. The number of anilines is 1. The van der Waals surface area contributed by atoms with Crippen molar-refractivity contribution in [2.24, 2.45) is 0 Å². The van der Waals surface area contributed by atoms with Crippen LogP contribution < -0.4 is 5.32 Å². The first kappa shape index (κ1) is 23.3. The number of carbonyl (C=O) groups excluding carboxylic acids is 1. The maximum atomic E-state index is 12.6. The van der Waals surface area contributed by atoms with E-state index in [0.29, 0.717) is 30.3 Å². The fraction of sp³-hybridized carbons (Fsp3) is 0.519. The summed E-state index contributed by atoms with van der Waals surface area (Å²) in [6, 6.07) is 16.1. The number of ketones is 1. The molecule has 5 heteroatoms. The summed E-state index contributed by atoms with van der Waals surface area (Å²) in [6.45, 7) is 2.58. The van der Waals surface area contributed by atoms with Crippen molar-refractivity contribution in [3.63, 3.8) is 0 Å². The SMILES string of the molecule is O=C(CCCN1CCC(O)(c2ccc(Cl)cc2)CC1)c1ccc(NC2CCCCC2)cc1. The second kappa shape index (κ2) is 10.8. The van der Waals surface area contributed by atoms with Crippen molar-refractivity contribution in [3.05, 3.63) is 64.7 Å². The quantitative estimate of drug-likeness (QED) is 0.478. The lowest BCUT2D eigenvalue weighted by atomic mass is 9.84. The lowest BCUT2D eigenvalue weighted by Gasteiger charge is -2.38. The maximum absolute atomic E-state index is 12.6. The standard InChI is InChI=1S/C27H35ClN2O2/c28-23-12-10-22(11-13-23)27(32)16-19-30(20-17-27)18-4-7-26(31)21-8-14-25(15-9-21)29-24-5-2-1-3-6-24/h8-15,24,29,32H,1-7,16-20H2. The van der Waals surface area contributed by atoms with Crippen LogP contribution in [0.5, 0.6) is 0 Å². The van der Waals surface area contributed by atoms with Crippen molar-refractivity contribution in [1.29, 1.82) is 0 Å². The van der Waals surface area contributed by atoms with Gasteiger partial charge in [0.15, 0.2) is 5.78 Å². The number of hydrogen-bond acceptors (Lipinski definition) is 4. The molecule has 0 atom stereocenters. The second-order valence-electron chi connectivity index (χ2n) is 9.46. The molecule has 0 spiro atoms. The highest BCUT2D eigenvalue weighted by molar-refractivity contribution is 6.30. The second-order valence-corrected chi connectivity index (χ2v) is 9.90. The van der Waals surface area contributed by atoms with Gasteiger partial charge in [-0.25, -0.2) is 0 Å². The molecular weight excluding hydrogens is 420 g/mol. The van der Waals surface area contributed by atoms with Crippen molar-refractivity contribution in [2.75, 3.05) is 25.0 Å². The molecule has 2 aromatic rings. The molecule has 1 saturated carbocycles. The zero-order valence-electron chi connectivity index (χ0n) is 18.9. The Labute approximate surface area is 197 Å². The number of rotatable bonds is 8. The molecule has 0 radical (unpaired) electrons. The number of likely N-dealkylation sites (tertiary alicyclic amines) is 1. The Kier molecular flexibility index (Phi) is 7.88. The van der Waals surface area contributed by atoms with E-state index < -0.39 is 5.60 Å². The smallest absolute Gasteiger partial charge is 0.162 e. The van der Waals surface area contributed by atoms with E-state index in [9.17, 15) is 9.90 Å². The molecule has 1 aliphatic carbocycles. The number of aliphatic hydroxyl groups is 1. The van der Waals surface area contributed by atoms with Gasteiger partial charge in [-0.3, -0.25) is 4.79 Å². The molecule has 4 nitrogen and oxygen atoms in total. The predicted molar refractivity (Wildman–Crippen MR) is 132 cm³/mol. The molecule has 32 heavy (non-hydrogen) atoms. The van der Waals surface area contributed by atoms with E-state index in [1.807, 2.05) is 48.5 Å². The van der Waals surface area contributed by atoms with Crippen molar-refractivity contribution < 1.29 is 9.90 Å². The third-order valence-corrected chi connectivity index (χ3v) is 7.38. The Balaban J connectivity index is 1.18.